The number of carbonyl (C=O) groups is 1. The average molecular weight is 211 g/mol. The highest BCUT2D eigenvalue weighted by Crippen LogP contribution is 2.08. The van der Waals surface area contributed by atoms with Crippen LogP contribution in [0.5, 0.6) is 0 Å². The van der Waals surface area contributed by atoms with Crippen molar-refractivity contribution in [3.05, 3.63) is 28.3 Å². The summed E-state index contributed by atoms with van der Waals surface area (Å²) < 4.78 is 1.61. The minimum absolute atomic E-state index is 0.156. The lowest BCUT2D eigenvalue weighted by Crippen LogP contribution is -2.17. The third-order valence-electron chi connectivity index (χ3n) is 2.07. The van der Waals surface area contributed by atoms with Crippen LogP contribution in [-0.4, -0.2) is 26.8 Å². The molecule has 82 valence electrons. The first-order valence-electron chi connectivity index (χ1n) is 4.63. The third kappa shape index (κ3) is 3.16. The van der Waals surface area contributed by atoms with Crippen molar-refractivity contribution in [2.45, 2.75) is 13.3 Å². The van der Waals surface area contributed by atoms with Gasteiger partial charge < -0.3 is 4.57 Å². The summed E-state index contributed by atoms with van der Waals surface area (Å²) in [6.45, 7) is 1.50. The van der Waals surface area contributed by atoms with Crippen molar-refractivity contribution in [1.29, 1.82) is 0 Å². The smallest absolute Gasteiger partial charge is 0.206 e. The van der Waals surface area contributed by atoms with Crippen LogP contribution in [0.15, 0.2) is 12.4 Å². The van der Waals surface area contributed by atoms with Gasteiger partial charge >= 0.3 is 0 Å². The molecule has 0 radical (unpaired) electrons. The van der Waals surface area contributed by atoms with E-state index in [2.05, 4.69) is 4.98 Å². The van der Waals surface area contributed by atoms with Gasteiger partial charge in [0, 0.05) is 36.7 Å². The molecule has 0 N–H and O–H groups in total. The van der Waals surface area contributed by atoms with Crippen LogP contribution in [0.25, 0.3) is 0 Å². The lowest BCUT2D eigenvalue weighted by Gasteiger charge is -2.05. The second kappa shape index (κ2) is 4.68. The largest absolute Gasteiger partial charge is 0.332 e. The van der Waals surface area contributed by atoms with Gasteiger partial charge in [0.1, 0.15) is 0 Å². The minimum atomic E-state index is -0.406. The highest BCUT2D eigenvalue weighted by atomic mass is 16.6. The van der Waals surface area contributed by atoms with Crippen LogP contribution in [0.2, 0.25) is 0 Å². The number of imidazole rings is 1. The van der Waals surface area contributed by atoms with Crippen molar-refractivity contribution >= 4 is 5.78 Å². The molecule has 0 aliphatic rings. The SMILES string of the molecule is CC(CC(=O)c1nccn1C)C[N+](=O)[O-]. The molecule has 15 heavy (non-hydrogen) atoms. The number of hydrogen-bond acceptors (Lipinski definition) is 4. The van der Waals surface area contributed by atoms with Gasteiger partial charge in [-0.3, -0.25) is 14.9 Å². The second-order valence-electron chi connectivity index (χ2n) is 3.61. The van der Waals surface area contributed by atoms with E-state index in [4.69, 9.17) is 0 Å². The predicted molar refractivity (Wildman–Crippen MR) is 53.2 cm³/mol. The van der Waals surface area contributed by atoms with Crippen molar-refractivity contribution in [2.24, 2.45) is 13.0 Å². The van der Waals surface area contributed by atoms with E-state index in [1.54, 1.807) is 24.7 Å². The highest BCUT2D eigenvalue weighted by molar-refractivity contribution is 5.92. The monoisotopic (exact) mass is 211 g/mol. The number of Topliss-reactive ketones (excluding diaryl/α,β-unsaturated/α-hetero) is 1. The van der Waals surface area contributed by atoms with Gasteiger partial charge in [0.2, 0.25) is 6.54 Å². The highest BCUT2D eigenvalue weighted by Gasteiger charge is 2.18. The van der Waals surface area contributed by atoms with Gasteiger partial charge in [-0.05, 0) is 0 Å². The summed E-state index contributed by atoms with van der Waals surface area (Å²) in [6, 6.07) is 0. The Morgan fingerprint density at radius 2 is 2.40 bits per heavy atom. The minimum Gasteiger partial charge on any atom is -0.332 e. The number of aryl methyl sites for hydroxylation is 1. The zero-order valence-corrected chi connectivity index (χ0v) is 8.71. The zero-order chi connectivity index (χ0) is 11.4. The Hall–Kier alpha value is -1.72. The summed E-state index contributed by atoms with van der Waals surface area (Å²) in [5.41, 5.74) is 0. The third-order valence-corrected chi connectivity index (χ3v) is 2.07. The predicted octanol–water partition coefficient (Wildman–Crippen LogP) is 0.906. The zero-order valence-electron chi connectivity index (χ0n) is 8.71. The molecule has 0 spiro atoms. The Kier molecular flexibility index (Phi) is 3.54. The van der Waals surface area contributed by atoms with Gasteiger partial charge in [0.25, 0.3) is 0 Å². The standard InChI is InChI=1S/C9H13N3O3/c1-7(6-12(14)15)5-8(13)9-10-3-4-11(9)2/h3-4,7H,5-6H2,1-2H3. The van der Waals surface area contributed by atoms with Crippen molar-refractivity contribution < 1.29 is 9.72 Å². The maximum atomic E-state index is 11.6. The van der Waals surface area contributed by atoms with E-state index in [9.17, 15) is 14.9 Å². The molecular weight excluding hydrogens is 198 g/mol. The van der Waals surface area contributed by atoms with Gasteiger partial charge in [-0.2, -0.15) is 0 Å². The van der Waals surface area contributed by atoms with E-state index >= 15 is 0 Å². The summed E-state index contributed by atoms with van der Waals surface area (Å²) in [5, 5.41) is 10.2. The average Bonchev–Trinajstić information content (AvgIpc) is 2.49. The number of rotatable bonds is 5. The van der Waals surface area contributed by atoms with Crippen LogP contribution in [0, 0.1) is 16.0 Å². The van der Waals surface area contributed by atoms with Crippen LogP contribution in [0.3, 0.4) is 0 Å². The van der Waals surface area contributed by atoms with Crippen molar-refractivity contribution in [3.8, 4) is 0 Å². The number of hydrogen-bond donors (Lipinski definition) is 0. The van der Waals surface area contributed by atoms with Gasteiger partial charge in [-0.1, -0.05) is 6.92 Å². The lowest BCUT2D eigenvalue weighted by molar-refractivity contribution is -0.487. The molecule has 0 saturated heterocycles. The van der Waals surface area contributed by atoms with Crippen LogP contribution < -0.4 is 0 Å². The number of carbonyl (C=O) groups excluding carboxylic acids is 1. The maximum absolute atomic E-state index is 11.6. The summed E-state index contributed by atoms with van der Waals surface area (Å²) in [7, 11) is 1.72. The van der Waals surface area contributed by atoms with Crippen molar-refractivity contribution in [3.63, 3.8) is 0 Å². The normalized spacial score (nSPS) is 12.4. The van der Waals surface area contributed by atoms with E-state index in [1.807, 2.05) is 0 Å². The quantitative estimate of drug-likeness (QED) is 0.412. The molecule has 1 aromatic rings. The molecule has 0 fully saturated rings. The first kappa shape index (κ1) is 11.4. The Morgan fingerprint density at radius 3 is 2.87 bits per heavy atom. The molecule has 0 aliphatic heterocycles. The van der Waals surface area contributed by atoms with Crippen LogP contribution in [0.4, 0.5) is 0 Å². The number of nitrogens with zero attached hydrogens (tertiary/aromatic N) is 3. The molecule has 0 aromatic carbocycles. The maximum Gasteiger partial charge on any atom is 0.206 e. The molecule has 1 atom stereocenters. The summed E-state index contributed by atoms with van der Waals surface area (Å²) in [5.74, 6) is -0.0637. The number of ketones is 1. The fourth-order valence-electron chi connectivity index (χ4n) is 1.36. The molecular formula is C9H13N3O3. The van der Waals surface area contributed by atoms with Gasteiger partial charge in [0.05, 0.1) is 0 Å². The number of nitro groups is 1. The van der Waals surface area contributed by atoms with Crippen molar-refractivity contribution in [1.82, 2.24) is 9.55 Å². The molecule has 6 heteroatoms. The van der Waals surface area contributed by atoms with Crippen LogP contribution in [-0.2, 0) is 7.05 Å². The lowest BCUT2D eigenvalue weighted by atomic mass is 10.0. The first-order chi connectivity index (χ1) is 7.00. The van der Waals surface area contributed by atoms with Crippen LogP contribution >= 0.6 is 0 Å². The molecule has 1 rings (SSSR count). The fraction of sp³-hybridized carbons (Fsp3) is 0.556. The van der Waals surface area contributed by atoms with Gasteiger partial charge in [-0.15, -0.1) is 0 Å². The van der Waals surface area contributed by atoms with E-state index in [1.165, 1.54) is 6.20 Å². The van der Waals surface area contributed by atoms with E-state index in [0.29, 0.717) is 5.82 Å². The van der Waals surface area contributed by atoms with Gasteiger partial charge in [0.15, 0.2) is 11.6 Å². The van der Waals surface area contributed by atoms with E-state index in [0.717, 1.165) is 0 Å². The van der Waals surface area contributed by atoms with Crippen molar-refractivity contribution in [2.75, 3.05) is 6.54 Å². The summed E-state index contributed by atoms with van der Waals surface area (Å²) >= 11 is 0. The summed E-state index contributed by atoms with van der Waals surface area (Å²) in [4.78, 5) is 25.3. The number of aromatic nitrogens is 2. The Morgan fingerprint density at radius 1 is 1.73 bits per heavy atom. The molecule has 1 heterocycles. The molecule has 0 saturated carbocycles. The molecule has 0 aliphatic carbocycles. The Bertz CT molecular complexity index is 372. The molecule has 1 aromatic heterocycles. The van der Waals surface area contributed by atoms with Gasteiger partial charge in [-0.25, -0.2) is 4.98 Å². The van der Waals surface area contributed by atoms with Crippen LogP contribution in [0.1, 0.15) is 24.0 Å². The molecule has 0 amide bonds. The summed E-state index contributed by atoms with van der Waals surface area (Å²) in [6.07, 6.45) is 3.36. The van der Waals surface area contributed by atoms with E-state index < -0.39 is 4.92 Å². The molecule has 6 nitrogen and oxygen atoms in total. The second-order valence-corrected chi connectivity index (χ2v) is 3.61. The Labute approximate surface area is 87.1 Å². The first-order valence-corrected chi connectivity index (χ1v) is 4.63. The molecule has 1 unspecified atom stereocenters. The fourth-order valence-corrected chi connectivity index (χ4v) is 1.36. The molecule has 0 bridgehead atoms. The topological polar surface area (TPSA) is 78.0 Å². The van der Waals surface area contributed by atoms with E-state index in [-0.39, 0.29) is 24.7 Å². The Balaban J connectivity index is 2.56.